The van der Waals surface area contributed by atoms with E-state index in [1.165, 1.54) is 24.3 Å². The molecule has 11 nitrogen and oxygen atoms in total. The number of hydrogen-bond donors (Lipinski definition) is 3. The zero-order valence-corrected chi connectivity index (χ0v) is 22.9. The topological polar surface area (TPSA) is 147 Å². The van der Waals surface area contributed by atoms with E-state index in [2.05, 4.69) is 25.6 Å². The third-order valence-corrected chi connectivity index (χ3v) is 7.53. The van der Waals surface area contributed by atoms with Gasteiger partial charge in [0.15, 0.2) is 10.9 Å². The Morgan fingerprint density at radius 3 is 2.60 bits per heavy atom. The van der Waals surface area contributed by atoms with Crippen LogP contribution in [-0.4, -0.2) is 54.9 Å². The Labute approximate surface area is 240 Å². The van der Waals surface area contributed by atoms with E-state index in [1.54, 1.807) is 25.1 Å². The second-order valence-corrected chi connectivity index (χ2v) is 10.6. The number of halogens is 3. The van der Waals surface area contributed by atoms with Gasteiger partial charge in [0.25, 0.3) is 0 Å². The minimum atomic E-state index is -4.70. The second kappa shape index (κ2) is 11.2. The van der Waals surface area contributed by atoms with Crippen LogP contribution in [0.25, 0.3) is 21.5 Å². The molecule has 2 aromatic heterocycles. The summed E-state index contributed by atoms with van der Waals surface area (Å²) in [6, 6.07) is 7.86. The van der Waals surface area contributed by atoms with E-state index >= 15 is 0 Å². The summed E-state index contributed by atoms with van der Waals surface area (Å²) < 4.78 is 47.5. The van der Waals surface area contributed by atoms with E-state index in [0.29, 0.717) is 22.8 Å². The first-order chi connectivity index (χ1) is 19.9. The number of benzene rings is 2. The largest absolute Gasteiger partial charge is 0.465 e. The molecule has 0 bridgehead atoms. The lowest BCUT2D eigenvalue weighted by atomic mass is 10.0. The predicted octanol–water partition coefficient (Wildman–Crippen LogP) is 5.99. The van der Waals surface area contributed by atoms with Crippen LogP contribution in [0.15, 0.2) is 48.8 Å². The van der Waals surface area contributed by atoms with Gasteiger partial charge in [-0.1, -0.05) is 23.5 Å². The van der Waals surface area contributed by atoms with Crippen LogP contribution in [0.2, 0.25) is 0 Å². The predicted molar refractivity (Wildman–Crippen MR) is 147 cm³/mol. The Balaban J connectivity index is 1.48. The van der Waals surface area contributed by atoms with Crippen LogP contribution >= 0.6 is 11.3 Å². The van der Waals surface area contributed by atoms with Crippen LogP contribution in [-0.2, 0) is 15.8 Å². The number of anilines is 2. The number of nitrogens with zero attached hydrogens (tertiary/aromatic N) is 4. The first-order valence-electron chi connectivity index (χ1n) is 12.6. The van der Waals surface area contributed by atoms with Crippen LogP contribution in [0.1, 0.15) is 32.3 Å². The van der Waals surface area contributed by atoms with Crippen molar-refractivity contribution in [2.45, 2.75) is 44.9 Å². The van der Waals surface area contributed by atoms with Gasteiger partial charge in [0.2, 0.25) is 17.7 Å². The molecule has 0 radical (unpaired) electrons. The third kappa shape index (κ3) is 5.95. The highest BCUT2D eigenvalue weighted by atomic mass is 32.1. The number of nitrogens with one attached hydrogen (secondary N) is 2. The van der Waals surface area contributed by atoms with Crippen LogP contribution in [0, 0.1) is 0 Å². The van der Waals surface area contributed by atoms with Gasteiger partial charge in [-0.2, -0.15) is 13.2 Å². The van der Waals surface area contributed by atoms with E-state index in [9.17, 15) is 32.7 Å². The van der Waals surface area contributed by atoms with E-state index in [4.69, 9.17) is 4.74 Å². The first kappa shape index (κ1) is 28.7. The van der Waals surface area contributed by atoms with E-state index in [-0.39, 0.29) is 35.2 Å². The van der Waals surface area contributed by atoms with Gasteiger partial charge in [-0.05, 0) is 44.0 Å². The molecular weight excluding hydrogens is 577 g/mol. The lowest BCUT2D eigenvalue weighted by Gasteiger charge is -2.25. The molecule has 1 fully saturated rings. The molecule has 15 heteroatoms. The number of ether oxygens (including phenoxy) is 1. The average Bonchev–Trinajstić information content (AvgIpc) is 3.51. The molecule has 1 aliphatic heterocycles. The van der Waals surface area contributed by atoms with E-state index in [1.807, 2.05) is 0 Å². The molecule has 4 aromatic rings. The molecule has 0 spiro atoms. The number of rotatable bonds is 6. The molecule has 5 rings (SSSR count). The van der Waals surface area contributed by atoms with Crippen molar-refractivity contribution in [2.75, 3.05) is 10.6 Å². The lowest BCUT2D eigenvalue weighted by molar-refractivity contribution is -0.137. The fraction of sp³-hybridized carbons (Fsp3) is 0.259. The Morgan fingerprint density at radius 1 is 1.10 bits per heavy atom. The fourth-order valence-corrected chi connectivity index (χ4v) is 5.62. The molecule has 1 saturated heterocycles. The molecule has 3 N–H and O–H groups in total. The fourth-order valence-electron chi connectivity index (χ4n) is 4.69. The summed E-state index contributed by atoms with van der Waals surface area (Å²) in [6.07, 6.45) is -4.17. The van der Waals surface area contributed by atoms with Crippen molar-refractivity contribution in [3.63, 3.8) is 0 Å². The van der Waals surface area contributed by atoms with Crippen molar-refractivity contribution < 1.29 is 37.4 Å². The minimum Gasteiger partial charge on any atom is -0.465 e. The Morgan fingerprint density at radius 2 is 1.88 bits per heavy atom. The van der Waals surface area contributed by atoms with Crippen molar-refractivity contribution in [3.05, 3.63) is 54.4 Å². The third-order valence-electron chi connectivity index (χ3n) is 6.59. The number of carbonyl (C=O) groups is 3. The van der Waals surface area contributed by atoms with Gasteiger partial charge < -0.3 is 20.5 Å². The summed E-state index contributed by atoms with van der Waals surface area (Å²) in [5, 5.41) is 15.0. The van der Waals surface area contributed by atoms with Crippen molar-refractivity contribution in [2.24, 2.45) is 0 Å². The molecule has 218 valence electrons. The lowest BCUT2D eigenvalue weighted by Crippen LogP contribution is -2.45. The molecule has 0 aliphatic carbocycles. The molecule has 2 aromatic carbocycles. The number of carboxylic acid groups (broad SMARTS) is 1. The number of aromatic nitrogens is 3. The van der Waals surface area contributed by atoms with Gasteiger partial charge in [-0.15, -0.1) is 0 Å². The van der Waals surface area contributed by atoms with Crippen molar-refractivity contribution in [1.82, 2.24) is 19.9 Å². The maximum absolute atomic E-state index is 13.6. The number of para-hydroxylation sites is 1. The SMILES string of the molecule is CC(=O)Nc1nc2c(Oc3cc(-c4ccc(C(F)(F)F)cc4NC(=O)C4CCC(C)N4C(=O)O)ncn3)cccc2s1. The molecule has 2 atom stereocenters. The van der Waals surface area contributed by atoms with Gasteiger partial charge in [-0.25, -0.2) is 19.7 Å². The van der Waals surface area contributed by atoms with E-state index < -0.39 is 35.8 Å². The van der Waals surface area contributed by atoms with Crippen molar-refractivity contribution in [3.8, 4) is 22.9 Å². The molecule has 1 aliphatic rings. The average molecular weight is 601 g/mol. The number of amides is 3. The summed E-state index contributed by atoms with van der Waals surface area (Å²) in [5.41, 5.74) is -0.472. The van der Waals surface area contributed by atoms with Gasteiger partial charge in [0, 0.05) is 24.6 Å². The van der Waals surface area contributed by atoms with Gasteiger partial charge in [0.1, 0.15) is 17.9 Å². The quantitative estimate of drug-likeness (QED) is 0.245. The Bertz CT molecular complexity index is 1690. The highest BCUT2D eigenvalue weighted by molar-refractivity contribution is 7.22. The summed E-state index contributed by atoms with van der Waals surface area (Å²) in [4.78, 5) is 49.9. The maximum atomic E-state index is 13.6. The standard InChI is InChI=1S/C27H23F3N6O5S/c1-13-6-9-19(36(13)26(39)40)24(38)34-18-10-15(27(28,29)30)7-8-16(18)17-11-22(32-12-31-17)41-20-4-3-5-21-23(20)35-25(42-21)33-14(2)37/h3-5,7-8,10-13,19H,6,9H2,1-2H3,(H,34,38)(H,39,40)(H,33,35,37). The molecule has 3 heterocycles. The van der Waals surface area contributed by atoms with Crippen LogP contribution in [0.3, 0.4) is 0 Å². The number of alkyl halides is 3. The Hall–Kier alpha value is -4.79. The molecular formula is C27H23F3N6O5S. The summed E-state index contributed by atoms with van der Waals surface area (Å²) in [5.74, 6) is -0.678. The zero-order chi connectivity index (χ0) is 30.2. The van der Waals surface area contributed by atoms with E-state index in [0.717, 1.165) is 34.1 Å². The minimum absolute atomic E-state index is 0.0421. The van der Waals surface area contributed by atoms with Crippen LogP contribution in [0.5, 0.6) is 11.6 Å². The van der Waals surface area contributed by atoms with Crippen LogP contribution < -0.4 is 15.4 Å². The van der Waals surface area contributed by atoms with Crippen LogP contribution in [0.4, 0.5) is 28.8 Å². The Kier molecular flexibility index (Phi) is 7.69. The number of thiazole rings is 1. The summed E-state index contributed by atoms with van der Waals surface area (Å²) >= 11 is 1.25. The van der Waals surface area contributed by atoms with Crippen molar-refractivity contribution >= 4 is 50.3 Å². The monoisotopic (exact) mass is 600 g/mol. The molecule has 2 unspecified atom stereocenters. The van der Waals surface area contributed by atoms with Crippen molar-refractivity contribution in [1.29, 1.82) is 0 Å². The number of fused-ring (bicyclic) bond motifs is 1. The number of carbonyl (C=O) groups excluding carboxylic acids is 2. The zero-order valence-electron chi connectivity index (χ0n) is 22.1. The van der Waals surface area contributed by atoms with Gasteiger partial charge in [0.05, 0.1) is 21.6 Å². The normalized spacial score (nSPS) is 16.8. The highest BCUT2D eigenvalue weighted by Gasteiger charge is 2.39. The summed E-state index contributed by atoms with van der Waals surface area (Å²) in [7, 11) is 0. The number of hydrogen-bond acceptors (Lipinski definition) is 8. The molecule has 3 amide bonds. The van der Waals surface area contributed by atoms with Gasteiger partial charge in [-0.3, -0.25) is 14.5 Å². The number of likely N-dealkylation sites (tertiary alicyclic amines) is 1. The smallest absolute Gasteiger partial charge is 0.416 e. The molecule has 42 heavy (non-hydrogen) atoms. The summed E-state index contributed by atoms with van der Waals surface area (Å²) in [6.45, 7) is 3.02. The van der Waals surface area contributed by atoms with Gasteiger partial charge >= 0.3 is 12.3 Å². The highest BCUT2D eigenvalue weighted by Crippen LogP contribution is 2.38. The first-order valence-corrected chi connectivity index (χ1v) is 13.4. The molecule has 0 saturated carbocycles. The maximum Gasteiger partial charge on any atom is 0.416 e. The second-order valence-electron chi connectivity index (χ2n) is 9.53.